The van der Waals surface area contributed by atoms with Crippen molar-refractivity contribution in [3.63, 3.8) is 0 Å². The summed E-state index contributed by atoms with van der Waals surface area (Å²) in [6.07, 6.45) is 0. The second-order valence-electron chi connectivity index (χ2n) is 0.974. The summed E-state index contributed by atoms with van der Waals surface area (Å²) < 4.78 is 10.0. The Kier molecular flexibility index (Phi) is 2.93. The zero-order valence-corrected chi connectivity index (χ0v) is 6.30. The highest BCUT2D eigenvalue weighted by atomic mass is 32.7. The molecule has 0 aliphatic carbocycles. The van der Waals surface area contributed by atoms with Crippen LogP contribution < -0.4 is 11.2 Å². The van der Waals surface area contributed by atoms with Crippen molar-refractivity contribution < 1.29 is 9.46 Å². The van der Waals surface area contributed by atoms with Gasteiger partial charge in [0.25, 0.3) is 0 Å². The number of hydrogen-bond donors (Lipinski definition) is 3. The zero-order valence-electron chi connectivity index (χ0n) is 3.77. The molecule has 4 nitrogen and oxygen atoms in total. The molecule has 48 valence electrons. The third-order valence-electron chi connectivity index (χ3n) is 0.221. The van der Waals surface area contributed by atoms with Crippen molar-refractivity contribution in [2.45, 2.75) is 0 Å². The molecule has 0 aliphatic heterocycles. The molecule has 0 amide bonds. The molecule has 0 spiro atoms. The van der Waals surface area contributed by atoms with Gasteiger partial charge < -0.3 is 10.6 Å². The van der Waals surface area contributed by atoms with Gasteiger partial charge in [0.1, 0.15) is 4.32 Å². The third kappa shape index (κ3) is 6.39. The Morgan fingerprint density at radius 2 is 2.25 bits per heavy atom. The summed E-state index contributed by atoms with van der Waals surface area (Å²) in [4.78, 5) is 8.32. The van der Waals surface area contributed by atoms with E-state index in [1.54, 1.807) is 0 Å². The standard InChI is InChI=1S/CH5N2O2PS2/c2-1(7)8-6(3,4)5/h(H2,2,7)(H3,3,4,5). The van der Waals surface area contributed by atoms with E-state index >= 15 is 0 Å². The van der Waals surface area contributed by atoms with Gasteiger partial charge in [-0.05, 0) is 0 Å². The van der Waals surface area contributed by atoms with Crippen LogP contribution in [0.5, 0.6) is 0 Å². The fraction of sp³-hybridized carbons (Fsp3) is 0. The summed E-state index contributed by atoms with van der Waals surface area (Å²) in [5.41, 5.74) is 9.50. The fourth-order valence-electron chi connectivity index (χ4n) is 0.129. The van der Waals surface area contributed by atoms with Crippen molar-refractivity contribution in [2.75, 3.05) is 0 Å². The van der Waals surface area contributed by atoms with Crippen molar-refractivity contribution in [2.24, 2.45) is 11.2 Å². The van der Waals surface area contributed by atoms with Crippen molar-refractivity contribution in [1.29, 1.82) is 0 Å². The molecule has 0 radical (unpaired) electrons. The lowest BCUT2D eigenvalue weighted by Gasteiger charge is -1.98. The molecule has 1 unspecified atom stereocenters. The van der Waals surface area contributed by atoms with Gasteiger partial charge in [0.05, 0.1) is 0 Å². The van der Waals surface area contributed by atoms with Crippen LogP contribution in [0.15, 0.2) is 0 Å². The van der Waals surface area contributed by atoms with Gasteiger partial charge >= 0.3 is 6.72 Å². The van der Waals surface area contributed by atoms with Gasteiger partial charge in [-0.25, -0.2) is 0 Å². The van der Waals surface area contributed by atoms with Crippen LogP contribution >= 0.6 is 30.3 Å². The quantitative estimate of drug-likeness (QED) is 0.381. The molecule has 0 aliphatic rings. The molecule has 0 aromatic heterocycles. The molecule has 0 aromatic rings. The smallest absolute Gasteiger partial charge is 0.328 e. The number of thiocarbonyl (C=S) groups is 1. The Morgan fingerprint density at radius 3 is 2.25 bits per heavy atom. The second kappa shape index (κ2) is 2.80. The van der Waals surface area contributed by atoms with Crippen LogP contribution in [0, 0.1) is 0 Å². The van der Waals surface area contributed by atoms with Gasteiger partial charge in [-0.2, -0.15) is 0 Å². The van der Waals surface area contributed by atoms with Gasteiger partial charge in [-0.3, -0.25) is 10.1 Å². The van der Waals surface area contributed by atoms with Crippen LogP contribution in [0.2, 0.25) is 0 Å². The van der Waals surface area contributed by atoms with Gasteiger partial charge in [0, 0.05) is 11.4 Å². The largest absolute Gasteiger partial charge is 0.384 e. The van der Waals surface area contributed by atoms with Gasteiger partial charge in [0.15, 0.2) is 0 Å². The van der Waals surface area contributed by atoms with E-state index in [0.29, 0.717) is 11.4 Å². The predicted octanol–water partition coefficient (Wildman–Crippen LogP) is 0.0223. The van der Waals surface area contributed by atoms with E-state index in [2.05, 4.69) is 17.7 Å². The minimum atomic E-state index is -3.57. The van der Waals surface area contributed by atoms with Crippen molar-refractivity contribution >= 4 is 34.6 Å². The first kappa shape index (κ1) is 8.39. The highest BCUT2D eigenvalue weighted by Gasteiger charge is 2.11. The van der Waals surface area contributed by atoms with Gasteiger partial charge in [0.2, 0.25) is 0 Å². The van der Waals surface area contributed by atoms with Crippen molar-refractivity contribution in [1.82, 2.24) is 0 Å². The minimum Gasteiger partial charge on any atom is -0.384 e. The van der Waals surface area contributed by atoms with E-state index in [0.717, 1.165) is 0 Å². The molecular weight excluding hydrogens is 167 g/mol. The van der Waals surface area contributed by atoms with Crippen LogP contribution in [-0.2, 0) is 4.57 Å². The van der Waals surface area contributed by atoms with Crippen molar-refractivity contribution in [3.05, 3.63) is 0 Å². The summed E-state index contributed by atoms with van der Waals surface area (Å²) in [6, 6.07) is 0. The average molecular weight is 172 g/mol. The van der Waals surface area contributed by atoms with Gasteiger partial charge in [-0.15, -0.1) is 0 Å². The molecule has 0 saturated heterocycles. The van der Waals surface area contributed by atoms with E-state index < -0.39 is 6.72 Å². The molecule has 0 aromatic carbocycles. The Balaban J connectivity index is 3.74. The molecule has 8 heavy (non-hydrogen) atoms. The summed E-state index contributed by atoms with van der Waals surface area (Å²) in [7, 11) is 0. The third-order valence-corrected chi connectivity index (χ3v) is 2.66. The molecule has 0 fully saturated rings. The minimum absolute atomic E-state index is 0.113. The molecule has 0 saturated carbocycles. The Morgan fingerprint density at radius 1 is 1.88 bits per heavy atom. The molecule has 0 rings (SSSR count). The summed E-state index contributed by atoms with van der Waals surface area (Å²) in [5, 5.41) is 0. The predicted molar refractivity (Wildman–Crippen MR) is 38.4 cm³/mol. The molecule has 0 bridgehead atoms. The second-order valence-corrected chi connectivity index (χ2v) is 5.54. The molecule has 1 atom stereocenters. The fourth-order valence-corrected chi connectivity index (χ4v) is 2.12. The molecule has 5 N–H and O–H groups in total. The lowest BCUT2D eigenvalue weighted by Crippen LogP contribution is -2.03. The van der Waals surface area contributed by atoms with E-state index in [4.69, 9.17) is 10.6 Å². The van der Waals surface area contributed by atoms with E-state index in [9.17, 15) is 4.57 Å². The van der Waals surface area contributed by atoms with E-state index in [1.165, 1.54) is 0 Å². The maximum Gasteiger partial charge on any atom is 0.328 e. The van der Waals surface area contributed by atoms with Crippen molar-refractivity contribution in [3.8, 4) is 0 Å². The number of rotatable bonds is 1. The Labute approximate surface area is 55.9 Å². The highest BCUT2D eigenvalue weighted by molar-refractivity contribution is 8.65. The number of hydrogen-bond acceptors (Lipinski definition) is 3. The highest BCUT2D eigenvalue weighted by Crippen LogP contribution is 2.46. The number of nitrogens with two attached hydrogens (primary N) is 2. The summed E-state index contributed by atoms with van der Waals surface area (Å²) in [5.74, 6) is 0. The van der Waals surface area contributed by atoms with Crippen LogP contribution in [0.3, 0.4) is 0 Å². The monoisotopic (exact) mass is 172 g/mol. The first-order valence-electron chi connectivity index (χ1n) is 1.52. The maximum absolute atomic E-state index is 10.2. The molecular formula is CH5N2O2PS2. The van der Waals surface area contributed by atoms with Gasteiger partial charge in [-0.1, -0.05) is 12.2 Å². The lowest BCUT2D eigenvalue weighted by molar-refractivity contribution is 0.499. The Bertz CT molecular complexity index is 141. The lowest BCUT2D eigenvalue weighted by atomic mass is 11.5. The summed E-state index contributed by atoms with van der Waals surface area (Å²) in [6.45, 7) is -3.57. The van der Waals surface area contributed by atoms with Crippen LogP contribution in [-0.4, -0.2) is 9.21 Å². The average Bonchev–Trinajstić information content (AvgIpc) is 1.21. The normalized spacial score (nSPS) is 17.2. The first-order valence-corrected chi connectivity index (χ1v) is 5.08. The van der Waals surface area contributed by atoms with E-state index in [1.807, 2.05) is 0 Å². The van der Waals surface area contributed by atoms with E-state index in [-0.39, 0.29) is 4.32 Å². The maximum atomic E-state index is 10.2. The van der Waals surface area contributed by atoms with Crippen LogP contribution in [0.4, 0.5) is 0 Å². The Hall–Kier alpha value is 0.390. The topological polar surface area (TPSA) is 89.3 Å². The van der Waals surface area contributed by atoms with Crippen LogP contribution in [0.25, 0.3) is 0 Å². The van der Waals surface area contributed by atoms with Crippen LogP contribution in [0.1, 0.15) is 0 Å². The SMILES string of the molecule is NC(=S)SP(N)(=O)O. The summed E-state index contributed by atoms with van der Waals surface area (Å²) >= 11 is 4.68. The molecule has 7 heteroatoms. The zero-order chi connectivity index (χ0) is 6.78. The first-order chi connectivity index (χ1) is 3.42. The molecule has 0 heterocycles.